The first-order valence-corrected chi connectivity index (χ1v) is 14.6. The van der Waals surface area contributed by atoms with Crippen LogP contribution in [0.2, 0.25) is 10.0 Å². The largest absolute Gasteiger partial charge is 0.481 e. The number of halogens is 6. The van der Waals surface area contributed by atoms with Gasteiger partial charge in [0.1, 0.15) is 5.82 Å². The molecule has 2 N–H and O–H groups in total. The highest BCUT2D eigenvalue weighted by Gasteiger charge is 2.46. The highest BCUT2D eigenvalue weighted by molar-refractivity contribution is 6.40. The van der Waals surface area contributed by atoms with Crippen molar-refractivity contribution in [2.75, 3.05) is 6.54 Å². The van der Waals surface area contributed by atoms with Gasteiger partial charge in [-0.15, -0.1) is 0 Å². The molecule has 2 atom stereocenters. The van der Waals surface area contributed by atoms with Crippen LogP contribution in [-0.2, 0) is 11.0 Å². The number of benzene rings is 1. The number of Topliss-reactive ketones (excluding diaryl/α,β-unsaturated/α-hetero) is 1. The lowest BCUT2D eigenvalue weighted by Gasteiger charge is -2.38. The smallest absolute Gasteiger partial charge is 0.433 e. The molecule has 3 fully saturated rings. The van der Waals surface area contributed by atoms with E-state index in [1.807, 2.05) is 0 Å². The zero-order valence-electron chi connectivity index (χ0n) is 22.7. The van der Waals surface area contributed by atoms with E-state index < -0.39 is 65.0 Å². The molecular formula is C28H30Cl2F4N4O4. The van der Waals surface area contributed by atoms with Crippen LogP contribution in [0.3, 0.4) is 0 Å². The lowest BCUT2D eigenvalue weighted by atomic mass is 9.74. The molecule has 0 spiro atoms. The average Bonchev–Trinajstić information content (AvgIpc) is 3.49. The van der Waals surface area contributed by atoms with Crippen molar-refractivity contribution in [2.45, 2.75) is 88.6 Å². The summed E-state index contributed by atoms with van der Waals surface area (Å²) < 4.78 is 58.3. The molecule has 0 radical (unpaired) electrons. The van der Waals surface area contributed by atoms with Crippen LogP contribution in [-0.4, -0.2) is 62.1 Å². The summed E-state index contributed by atoms with van der Waals surface area (Å²) in [6.45, 7) is 0.950. The van der Waals surface area contributed by atoms with Crippen LogP contribution < -0.4 is 5.32 Å². The maximum absolute atomic E-state index is 14.6. The molecule has 5 rings (SSSR count). The molecule has 0 unspecified atom stereocenters. The summed E-state index contributed by atoms with van der Waals surface area (Å²) in [5, 5.41) is 16.4. The second kappa shape index (κ2) is 11.4. The van der Waals surface area contributed by atoms with Crippen molar-refractivity contribution in [3.63, 3.8) is 0 Å². The average molecular weight is 633 g/mol. The number of fused-ring (bicyclic) bond motifs is 2. The van der Waals surface area contributed by atoms with E-state index in [0.717, 1.165) is 40.8 Å². The van der Waals surface area contributed by atoms with Gasteiger partial charge in [-0.25, -0.2) is 4.39 Å². The lowest BCUT2D eigenvalue weighted by molar-refractivity contribution is -0.152. The van der Waals surface area contributed by atoms with Gasteiger partial charge in [0.25, 0.3) is 5.91 Å². The molecule has 1 saturated carbocycles. The lowest BCUT2D eigenvalue weighted by Crippen LogP contribution is -2.52. The normalized spacial score (nSPS) is 27.6. The van der Waals surface area contributed by atoms with Gasteiger partial charge in [0.15, 0.2) is 11.5 Å². The van der Waals surface area contributed by atoms with E-state index in [-0.39, 0.29) is 53.4 Å². The summed E-state index contributed by atoms with van der Waals surface area (Å²) >= 11 is 12.2. The Morgan fingerprint density at radius 1 is 1.10 bits per heavy atom. The Balaban J connectivity index is 1.50. The number of alkyl halides is 3. The summed E-state index contributed by atoms with van der Waals surface area (Å²) in [6, 6.07) is 0.609. The number of carbonyl (C=O) groups excluding carboxylic acids is 2. The van der Waals surface area contributed by atoms with Gasteiger partial charge in [-0.1, -0.05) is 23.2 Å². The number of aromatic nitrogens is 2. The molecule has 1 aromatic carbocycles. The van der Waals surface area contributed by atoms with E-state index in [1.165, 1.54) is 0 Å². The first-order valence-electron chi connectivity index (χ1n) is 13.8. The number of carbonyl (C=O) groups is 3. The second-order valence-corrected chi connectivity index (χ2v) is 12.6. The SMILES string of the molecule is CC1(C(=O)O)CCC(n2ncc(C(=O)N(CC(=O)c3c(Cl)cc(F)cc3Cl)C3C[C@H]4CC[C@H](C3)N4)c2C(F)(F)F)CC1. The van der Waals surface area contributed by atoms with Crippen LogP contribution in [0.1, 0.15) is 90.7 Å². The molecule has 3 heterocycles. The van der Waals surface area contributed by atoms with E-state index in [4.69, 9.17) is 23.2 Å². The molecule has 42 heavy (non-hydrogen) atoms. The Bertz CT molecular complexity index is 1370. The van der Waals surface area contributed by atoms with Crippen LogP contribution in [0.25, 0.3) is 0 Å². The van der Waals surface area contributed by atoms with Gasteiger partial charge < -0.3 is 15.3 Å². The van der Waals surface area contributed by atoms with Crippen LogP contribution in [0.15, 0.2) is 18.3 Å². The molecule has 8 nitrogen and oxygen atoms in total. The van der Waals surface area contributed by atoms with Crippen molar-refractivity contribution in [2.24, 2.45) is 5.41 Å². The van der Waals surface area contributed by atoms with Crippen LogP contribution in [0.5, 0.6) is 0 Å². The van der Waals surface area contributed by atoms with Crippen LogP contribution >= 0.6 is 23.2 Å². The number of aliphatic carboxylic acids is 1. The molecule has 2 bridgehead atoms. The van der Waals surface area contributed by atoms with E-state index >= 15 is 0 Å². The van der Waals surface area contributed by atoms with Gasteiger partial charge in [-0.3, -0.25) is 19.1 Å². The quantitative estimate of drug-likeness (QED) is 0.280. The number of nitrogens with zero attached hydrogens (tertiary/aromatic N) is 3. The minimum Gasteiger partial charge on any atom is -0.481 e. The van der Waals surface area contributed by atoms with Crippen molar-refractivity contribution in [3.8, 4) is 0 Å². The first-order chi connectivity index (χ1) is 19.7. The molecule has 3 aliphatic rings. The summed E-state index contributed by atoms with van der Waals surface area (Å²) in [5.74, 6) is -3.51. The predicted octanol–water partition coefficient (Wildman–Crippen LogP) is 6.16. The fourth-order valence-corrected chi connectivity index (χ4v) is 7.29. The zero-order valence-corrected chi connectivity index (χ0v) is 24.2. The van der Waals surface area contributed by atoms with Crippen molar-refractivity contribution in [3.05, 3.63) is 51.0 Å². The van der Waals surface area contributed by atoms with E-state index in [1.54, 1.807) is 6.92 Å². The van der Waals surface area contributed by atoms with E-state index in [0.29, 0.717) is 12.8 Å². The van der Waals surface area contributed by atoms with Gasteiger partial charge in [0, 0.05) is 18.1 Å². The van der Waals surface area contributed by atoms with Gasteiger partial charge in [-0.2, -0.15) is 18.3 Å². The Hall–Kier alpha value is -2.70. The minimum atomic E-state index is -4.96. The summed E-state index contributed by atoms with van der Waals surface area (Å²) in [7, 11) is 0. The number of hydrogen-bond acceptors (Lipinski definition) is 5. The number of hydrogen-bond donors (Lipinski definition) is 2. The van der Waals surface area contributed by atoms with Crippen molar-refractivity contribution < 1.29 is 37.1 Å². The number of nitrogens with one attached hydrogen (secondary N) is 1. The van der Waals surface area contributed by atoms with Crippen molar-refractivity contribution in [1.82, 2.24) is 20.0 Å². The molecule has 2 aromatic rings. The molecule has 1 amide bonds. The van der Waals surface area contributed by atoms with E-state index in [2.05, 4.69) is 10.4 Å². The van der Waals surface area contributed by atoms with Gasteiger partial charge in [0.2, 0.25) is 0 Å². The van der Waals surface area contributed by atoms with Crippen molar-refractivity contribution >= 4 is 40.9 Å². The Morgan fingerprint density at radius 2 is 1.67 bits per heavy atom. The number of ketones is 1. The first kappa shape index (κ1) is 30.7. The Kier molecular flexibility index (Phi) is 8.36. The Labute approximate surface area is 249 Å². The van der Waals surface area contributed by atoms with Crippen LogP contribution in [0, 0.1) is 11.2 Å². The van der Waals surface area contributed by atoms with Gasteiger partial charge in [-0.05, 0) is 70.4 Å². The predicted molar refractivity (Wildman–Crippen MR) is 145 cm³/mol. The molecule has 1 aromatic heterocycles. The number of piperidine rings is 1. The molecule has 14 heteroatoms. The maximum Gasteiger partial charge on any atom is 0.433 e. The molecule has 1 aliphatic carbocycles. The third-order valence-corrected chi connectivity index (χ3v) is 9.56. The Morgan fingerprint density at radius 3 is 2.19 bits per heavy atom. The summed E-state index contributed by atoms with van der Waals surface area (Å²) in [4.78, 5) is 40.2. The summed E-state index contributed by atoms with van der Waals surface area (Å²) in [6.07, 6.45) is -0.923. The molecule has 2 aliphatic heterocycles. The maximum atomic E-state index is 14.6. The highest BCUT2D eigenvalue weighted by Crippen LogP contribution is 2.44. The number of rotatable bonds is 7. The third kappa shape index (κ3) is 5.90. The topological polar surface area (TPSA) is 105 Å². The monoisotopic (exact) mass is 632 g/mol. The molecule has 2 saturated heterocycles. The molecule has 228 valence electrons. The van der Waals surface area contributed by atoms with Gasteiger partial charge >= 0.3 is 12.1 Å². The zero-order chi connectivity index (χ0) is 30.6. The minimum absolute atomic E-state index is 0.0488. The highest BCUT2D eigenvalue weighted by atomic mass is 35.5. The second-order valence-electron chi connectivity index (χ2n) is 11.8. The number of carboxylic acids is 1. The fraction of sp³-hybridized carbons (Fsp3) is 0.571. The number of amides is 1. The third-order valence-electron chi connectivity index (χ3n) is 8.96. The summed E-state index contributed by atoms with van der Waals surface area (Å²) in [5.41, 5.74) is -3.19. The van der Waals surface area contributed by atoms with E-state index in [9.17, 15) is 37.1 Å². The molecular weight excluding hydrogens is 603 g/mol. The van der Waals surface area contributed by atoms with Crippen molar-refractivity contribution in [1.29, 1.82) is 0 Å². The van der Waals surface area contributed by atoms with Gasteiger partial charge in [0.05, 0.1) is 45.4 Å². The number of carboxylic acid groups (broad SMARTS) is 1. The standard InChI is InChI=1S/C28H30Cl2F4N4O4/c1-27(26(41)42)6-4-17(5-7-27)38-24(28(32,33)34)19(12-35-38)25(40)37(18-10-15-2-3-16(11-18)36-15)13-22(39)23-20(29)8-14(31)9-21(23)30/h8-9,12,15-18,36H,2-7,10-11,13H2,1H3,(H,41,42)/t15-,16-,17?,27?/m1/s1. The fourth-order valence-electron chi connectivity index (χ4n) is 6.62. The van der Waals surface area contributed by atoms with Crippen LogP contribution in [0.4, 0.5) is 17.6 Å².